The van der Waals surface area contributed by atoms with Crippen LogP contribution in [0.3, 0.4) is 0 Å². The van der Waals surface area contributed by atoms with Crippen LogP contribution in [0, 0.1) is 11.7 Å². The Hall–Kier alpha value is -1.71. The lowest BCUT2D eigenvalue weighted by molar-refractivity contribution is 0.178. The molecule has 2 aromatic rings. The van der Waals surface area contributed by atoms with Crippen LogP contribution in [0.25, 0.3) is 0 Å². The molecule has 2 aromatic carbocycles. The molecule has 2 nitrogen and oxygen atoms in total. The number of halogens is 1. The maximum absolute atomic E-state index is 13.2. The fraction of sp³-hybridized carbons (Fsp3) is 0.429. The Kier molecular flexibility index (Phi) is 5.64. The van der Waals surface area contributed by atoms with Crippen molar-refractivity contribution in [1.29, 1.82) is 0 Å². The van der Waals surface area contributed by atoms with E-state index in [9.17, 15) is 4.39 Å². The van der Waals surface area contributed by atoms with Crippen molar-refractivity contribution in [2.24, 2.45) is 5.92 Å². The summed E-state index contributed by atoms with van der Waals surface area (Å²) in [5, 5.41) is 3.70. The van der Waals surface area contributed by atoms with Gasteiger partial charge in [0.1, 0.15) is 5.82 Å². The van der Waals surface area contributed by atoms with Crippen LogP contribution in [0.5, 0.6) is 0 Å². The van der Waals surface area contributed by atoms with Gasteiger partial charge in [-0.2, -0.15) is 0 Å². The first kappa shape index (κ1) is 17.1. The number of rotatable bonds is 5. The molecule has 3 heteroatoms. The van der Waals surface area contributed by atoms with E-state index in [-0.39, 0.29) is 5.82 Å². The zero-order valence-electron chi connectivity index (χ0n) is 14.6. The average Bonchev–Trinajstić information content (AvgIpc) is 2.61. The van der Waals surface area contributed by atoms with E-state index >= 15 is 0 Å². The SMILES string of the molecule is CC(NC[C@@H]1CN(C)CC[C@H]1c1ccc(F)cc1)c1ccccc1. The number of piperidine rings is 1. The molecule has 1 fully saturated rings. The summed E-state index contributed by atoms with van der Waals surface area (Å²) >= 11 is 0. The van der Waals surface area contributed by atoms with Gasteiger partial charge in [-0.15, -0.1) is 0 Å². The molecule has 1 aliphatic heterocycles. The highest BCUT2D eigenvalue weighted by atomic mass is 19.1. The second kappa shape index (κ2) is 7.91. The molecule has 0 aromatic heterocycles. The van der Waals surface area contributed by atoms with Gasteiger partial charge in [-0.1, -0.05) is 42.5 Å². The third kappa shape index (κ3) is 4.22. The second-order valence-electron chi connectivity index (χ2n) is 7.01. The van der Waals surface area contributed by atoms with Gasteiger partial charge in [0.15, 0.2) is 0 Å². The first-order chi connectivity index (χ1) is 11.6. The van der Waals surface area contributed by atoms with Gasteiger partial charge < -0.3 is 10.2 Å². The lowest BCUT2D eigenvalue weighted by atomic mass is 9.80. The van der Waals surface area contributed by atoms with Gasteiger partial charge in [0.05, 0.1) is 0 Å². The molecule has 0 spiro atoms. The Morgan fingerprint density at radius 3 is 2.54 bits per heavy atom. The van der Waals surface area contributed by atoms with Crippen LogP contribution in [-0.4, -0.2) is 31.6 Å². The minimum atomic E-state index is -0.154. The maximum Gasteiger partial charge on any atom is 0.123 e. The van der Waals surface area contributed by atoms with Gasteiger partial charge in [-0.3, -0.25) is 0 Å². The zero-order valence-corrected chi connectivity index (χ0v) is 14.6. The fourth-order valence-corrected chi connectivity index (χ4v) is 3.76. The highest BCUT2D eigenvalue weighted by Gasteiger charge is 2.29. The smallest absolute Gasteiger partial charge is 0.123 e. The van der Waals surface area contributed by atoms with E-state index in [0.29, 0.717) is 17.9 Å². The van der Waals surface area contributed by atoms with Crippen molar-refractivity contribution in [2.75, 3.05) is 26.7 Å². The molecule has 3 rings (SSSR count). The third-order valence-corrected chi connectivity index (χ3v) is 5.22. The summed E-state index contributed by atoms with van der Waals surface area (Å²) in [5.74, 6) is 0.886. The van der Waals surface area contributed by atoms with Gasteiger partial charge in [0, 0.05) is 19.1 Å². The maximum atomic E-state index is 13.2. The highest BCUT2D eigenvalue weighted by molar-refractivity contribution is 5.23. The summed E-state index contributed by atoms with van der Waals surface area (Å²) in [6.45, 7) is 5.38. The number of nitrogens with one attached hydrogen (secondary N) is 1. The Morgan fingerprint density at radius 1 is 1.12 bits per heavy atom. The van der Waals surface area contributed by atoms with Gasteiger partial charge in [0.25, 0.3) is 0 Å². The number of nitrogens with zero attached hydrogens (tertiary/aromatic N) is 1. The third-order valence-electron chi connectivity index (χ3n) is 5.22. The molecule has 1 saturated heterocycles. The number of hydrogen-bond donors (Lipinski definition) is 1. The molecule has 0 amide bonds. The van der Waals surface area contributed by atoms with Crippen LogP contribution < -0.4 is 5.32 Å². The second-order valence-corrected chi connectivity index (χ2v) is 7.01. The molecular formula is C21H27FN2. The van der Waals surface area contributed by atoms with Crippen LogP contribution in [0.4, 0.5) is 4.39 Å². The molecule has 0 radical (unpaired) electrons. The Morgan fingerprint density at radius 2 is 1.83 bits per heavy atom. The Labute approximate surface area is 144 Å². The first-order valence-corrected chi connectivity index (χ1v) is 8.86. The normalized spacial score (nSPS) is 23.1. The number of likely N-dealkylation sites (tertiary alicyclic amines) is 1. The van der Waals surface area contributed by atoms with E-state index in [0.717, 1.165) is 26.1 Å². The molecule has 1 heterocycles. The summed E-state index contributed by atoms with van der Waals surface area (Å²) in [7, 11) is 2.19. The van der Waals surface area contributed by atoms with Crippen LogP contribution in [0.2, 0.25) is 0 Å². The zero-order chi connectivity index (χ0) is 16.9. The summed E-state index contributed by atoms with van der Waals surface area (Å²) in [6.07, 6.45) is 1.13. The van der Waals surface area contributed by atoms with Crippen molar-refractivity contribution >= 4 is 0 Å². The fourth-order valence-electron chi connectivity index (χ4n) is 3.76. The Bertz CT molecular complexity index is 626. The molecule has 1 N–H and O–H groups in total. The van der Waals surface area contributed by atoms with E-state index in [1.165, 1.54) is 11.1 Å². The van der Waals surface area contributed by atoms with Gasteiger partial charge in [-0.05, 0) is 62.0 Å². The van der Waals surface area contributed by atoms with E-state index < -0.39 is 0 Å². The summed E-state index contributed by atoms with van der Waals surface area (Å²) in [6, 6.07) is 18.0. The molecule has 0 bridgehead atoms. The minimum Gasteiger partial charge on any atom is -0.310 e. The van der Waals surface area contributed by atoms with Crippen molar-refractivity contribution < 1.29 is 4.39 Å². The number of benzene rings is 2. The summed E-state index contributed by atoms with van der Waals surface area (Å²) in [5.41, 5.74) is 2.59. The quantitative estimate of drug-likeness (QED) is 0.885. The summed E-state index contributed by atoms with van der Waals surface area (Å²) < 4.78 is 13.2. The van der Waals surface area contributed by atoms with E-state index in [4.69, 9.17) is 0 Å². The highest BCUT2D eigenvalue weighted by Crippen LogP contribution is 2.32. The van der Waals surface area contributed by atoms with Crippen LogP contribution in [0.15, 0.2) is 54.6 Å². The van der Waals surface area contributed by atoms with Crippen molar-refractivity contribution in [2.45, 2.75) is 25.3 Å². The Balaban J connectivity index is 1.67. The van der Waals surface area contributed by atoms with Crippen molar-refractivity contribution in [3.63, 3.8) is 0 Å². The summed E-state index contributed by atoms with van der Waals surface area (Å²) in [4.78, 5) is 2.40. The van der Waals surface area contributed by atoms with E-state index in [1.54, 1.807) is 12.1 Å². The molecule has 0 saturated carbocycles. The molecule has 0 aliphatic carbocycles. The predicted octanol–water partition coefficient (Wildman–Crippen LogP) is 4.21. The average molecular weight is 326 g/mol. The molecule has 128 valence electrons. The number of hydrogen-bond acceptors (Lipinski definition) is 2. The first-order valence-electron chi connectivity index (χ1n) is 8.86. The lowest BCUT2D eigenvalue weighted by Crippen LogP contribution is -2.42. The molecule has 24 heavy (non-hydrogen) atoms. The van der Waals surface area contributed by atoms with E-state index in [1.807, 2.05) is 12.1 Å². The standard InChI is InChI=1S/C21H27FN2/c1-16(17-6-4-3-5-7-17)23-14-19-15-24(2)13-12-21(19)18-8-10-20(22)11-9-18/h3-11,16,19,21,23H,12-15H2,1-2H3/t16?,19-,21+/m1/s1. The lowest BCUT2D eigenvalue weighted by Gasteiger charge is -2.38. The van der Waals surface area contributed by atoms with Gasteiger partial charge in [-0.25, -0.2) is 4.39 Å². The van der Waals surface area contributed by atoms with Gasteiger partial charge >= 0.3 is 0 Å². The van der Waals surface area contributed by atoms with Crippen LogP contribution in [-0.2, 0) is 0 Å². The van der Waals surface area contributed by atoms with E-state index in [2.05, 4.69) is 54.5 Å². The van der Waals surface area contributed by atoms with Crippen molar-refractivity contribution in [1.82, 2.24) is 10.2 Å². The van der Waals surface area contributed by atoms with Crippen LogP contribution >= 0.6 is 0 Å². The topological polar surface area (TPSA) is 15.3 Å². The molecule has 1 aliphatic rings. The molecular weight excluding hydrogens is 299 g/mol. The van der Waals surface area contributed by atoms with Crippen molar-refractivity contribution in [3.8, 4) is 0 Å². The van der Waals surface area contributed by atoms with Crippen LogP contribution in [0.1, 0.15) is 36.4 Å². The monoisotopic (exact) mass is 326 g/mol. The molecule has 3 atom stereocenters. The predicted molar refractivity (Wildman–Crippen MR) is 97.6 cm³/mol. The van der Waals surface area contributed by atoms with Gasteiger partial charge in [0.2, 0.25) is 0 Å². The van der Waals surface area contributed by atoms with Crippen molar-refractivity contribution in [3.05, 3.63) is 71.5 Å². The largest absolute Gasteiger partial charge is 0.310 e. The molecule has 1 unspecified atom stereocenters. The minimum absolute atomic E-state index is 0.154.